The normalized spacial score (nSPS) is 14.9. The highest BCUT2D eigenvalue weighted by Crippen LogP contribution is 2.21. The largest absolute Gasteiger partial charge is 0.348 e. The van der Waals surface area contributed by atoms with Crippen LogP contribution in [0.3, 0.4) is 0 Å². The molecule has 1 aliphatic rings. The van der Waals surface area contributed by atoms with Crippen LogP contribution in [0.5, 0.6) is 0 Å². The van der Waals surface area contributed by atoms with Gasteiger partial charge < -0.3 is 9.47 Å². The second kappa shape index (κ2) is 5.06. The molecule has 21 heavy (non-hydrogen) atoms. The quantitative estimate of drug-likeness (QED) is 0.786. The summed E-state index contributed by atoms with van der Waals surface area (Å²) in [5.74, 6) is 0.132. The number of amides is 1. The topological polar surface area (TPSA) is 25.2 Å². The van der Waals surface area contributed by atoms with E-state index >= 15 is 0 Å². The van der Waals surface area contributed by atoms with Crippen molar-refractivity contribution >= 4 is 5.91 Å². The molecule has 0 bridgehead atoms. The van der Waals surface area contributed by atoms with E-state index in [0.29, 0.717) is 0 Å². The molecule has 110 valence electrons. The minimum absolute atomic E-state index is 0.00697. The summed E-state index contributed by atoms with van der Waals surface area (Å²) in [5, 5.41) is 0. The molecular weight excluding hydrogens is 260 g/mol. The van der Waals surface area contributed by atoms with Gasteiger partial charge in [-0.05, 0) is 44.4 Å². The fraction of sp³-hybridized carbons (Fsp3) is 0.389. The summed E-state index contributed by atoms with van der Waals surface area (Å²) >= 11 is 0. The molecule has 2 aromatic rings. The monoisotopic (exact) mass is 282 g/mol. The van der Waals surface area contributed by atoms with Crippen LogP contribution in [0.1, 0.15) is 42.3 Å². The average molecular weight is 282 g/mol. The van der Waals surface area contributed by atoms with Crippen LogP contribution in [-0.2, 0) is 18.5 Å². The van der Waals surface area contributed by atoms with Gasteiger partial charge in [0.2, 0.25) is 0 Å². The Morgan fingerprint density at radius 1 is 1.10 bits per heavy atom. The fourth-order valence-electron chi connectivity index (χ4n) is 2.79. The first kappa shape index (κ1) is 13.9. The Morgan fingerprint density at radius 3 is 2.48 bits per heavy atom. The van der Waals surface area contributed by atoms with E-state index in [1.807, 2.05) is 29.4 Å². The molecule has 0 unspecified atom stereocenters. The van der Waals surface area contributed by atoms with E-state index in [2.05, 4.69) is 43.5 Å². The lowest BCUT2D eigenvalue weighted by atomic mass is 9.99. The summed E-state index contributed by atoms with van der Waals surface area (Å²) in [6.45, 7) is 7.93. The lowest BCUT2D eigenvalue weighted by Gasteiger charge is -2.28. The Kier molecular flexibility index (Phi) is 3.36. The van der Waals surface area contributed by atoms with Gasteiger partial charge in [-0.1, -0.05) is 24.3 Å². The third-order valence-electron chi connectivity index (χ3n) is 4.13. The minimum atomic E-state index is 0.00697. The predicted octanol–water partition coefficient (Wildman–Crippen LogP) is 3.44. The van der Waals surface area contributed by atoms with Gasteiger partial charge in [0, 0.05) is 31.0 Å². The maximum Gasteiger partial charge on any atom is 0.255 e. The number of aromatic nitrogens is 1. The smallest absolute Gasteiger partial charge is 0.255 e. The Morgan fingerprint density at radius 2 is 1.81 bits per heavy atom. The van der Waals surface area contributed by atoms with Crippen molar-refractivity contribution in [2.75, 3.05) is 6.54 Å². The molecule has 1 amide bonds. The highest BCUT2D eigenvalue weighted by Gasteiger charge is 2.23. The summed E-state index contributed by atoms with van der Waals surface area (Å²) in [6.07, 6.45) is 4.90. The average Bonchev–Trinajstić information content (AvgIpc) is 2.96. The van der Waals surface area contributed by atoms with Crippen LogP contribution >= 0.6 is 0 Å². The van der Waals surface area contributed by atoms with Gasteiger partial charge in [-0.2, -0.15) is 0 Å². The number of hydrogen-bond donors (Lipinski definition) is 0. The molecule has 0 spiro atoms. The number of carbonyl (C=O) groups is 1. The van der Waals surface area contributed by atoms with Crippen LogP contribution in [0.25, 0.3) is 0 Å². The minimum Gasteiger partial charge on any atom is -0.348 e. The Hall–Kier alpha value is -2.03. The van der Waals surface area contributed by atoms with E-state index < -0.39 is 0 Å². The highest BCUT2D eigenvalue weighted by atomic mass is 16.2. The van der Waals surface area contributed by atoms with Gasteiger partial charge in [0.15, 0.2) is 0 Å². The van der Waals surface area contributed by atoms with E-state index in [1.165, 1.54) is 11.1 Å². The Bertz CT molecular complexity index is 664. The third-order valence-corrected chi connectivity index (χ3v) is 4.13. The molecule has 1 aromatic heterocycles. The molecule has 1 aromatic carbocycles. The number of fused-ring (bicyclic) bond motifs is 1. The van der Waals surface area contributed by atoms with Crippen molar-refractivity contribution in [2.45, 2.75) is 39.3 Å². The summed E-state index contributed by atoms with van der Waals surface area (Å²) in [6, 6.07) is 10.3. The van der Waals surface area contributed by atoms with E-state index in [4.69, 9.17) is 0 Å². The lowest BCUT2D eigenvalue weighted by Crippen LogP contribution is -2.35. The lowest BCUT2D eigenvalue weighted by molar-refractivity contribution is 0.0734. The van der Waals surface area contributed by atoms with Gasteiger partial charge in [0.1, 0.15) is 0 Å². The molecule has 0 atom stereocenters. The molecule has 3 rings (SSSR count). The first-order valence-corrected chi connectivity index (χ1v) is 7.50. The molecule has 3 heteroatoms. The Balaban J connectivity index is 1.79. The Labute approximate surface area is 126 Å². The number of hydrogen-bond acceptors (Lipinski definition) is 1. The molecule has 2 heterocycles. The predicted molar refractivity (Wildman–Crippen MR) is 84.3 cm³/mol. The van der Waals surface area contributed by atoms with Gasteiger partial charge in [-0.3, -0.25) is 4.79 Å². The molecule has 1 aliphatic heterocycles. The summed E-state index contributed by atoms with van der Waals surface area (Å²) in [7, 11) is 0. The number of nitrogens with zero attached hydrogens (tertiary/aromatic N) is 2. The maximum atomic E-state index is 12.7. The van der Waals surface area contributed by atoms with Crippen LogP contribution < -0.4 is 0 Å². The molecule has 0 N–H and O–H groups in total. The fourth-order valence-corrected chi connectivity index (χ4v) is 2.79. The second-order valence-corrected chi connectivity index (χ2v) is 6.72. The number of carbonyl (C=O) groups excluding carboxylic acids is 1. The van der Waals surface area contributed by atoms with E-state index in [-0.39, 0.29) is 11.4 Å². The van der Waals surface area contributed by atoms with Gasteiger partial charge in [-0.15, -0.1) is 0 Å². The highest BCUT2D eigenvalue weighted by molar-refractivity contribution is 5.94. The zero-order valence-corrected chi connectivity index (χ0v) is 13.0. The van der Waals surface area contributed by atoms with E-state index in [9.17, 15) is 4.79 Å². The van der Waals surface area contributed by atoms with Gasteiger partial charge in [-0.25, -0.2) is 0 Å². The van der Waals surface area contributed by atoms with Gasteiger partial charge in [0.05, 0.1) is 5.56 Å². The second-order valence-electron chi connectivity index (χ2n) is 6.72. The van der Waals surface area contributed by atoms with Crippen molar-refractivity contribution in [1.82, 2.24) is 9.47 Å². The zero-order chi connectivity index (χ0) is 15.0. The van der Waals surface area contributed by atoms with Crippen molar-refractivity contribution in [3.63, 3.8) is 0 Å². The number of benzene rings is 1. The molecular formula is C18H22N2O. The van der Waals surface area contributed by atoms with Crippen molar-refractivity contribution in [3.05, 3.63) is 59.4 Å². The maximum absolute atomic E-state index is 12.7. The summed E-state index contributed by atoms with van der Waals surface area (Å²) < 4.78 is 2.10. The zero-order valence-electron chi connectivity index (χ0n) is 13.0. The van der Waals surface area contributed by atoms with Crippen LogP contribution in [0.15, 0.2) is 42.7 Å². The van der Waals surface area contributed by atoms with Crippen molar-refractivity contribution in [1.29, 1.82) is 0 Å². The molecule has 0 fully saturated rings. The van der Waals surface area contributed by atoms with Crippen molar-refractivity contribution < 1.29 is 4.79 Å². The molecule has 0 radical (unpaired) electrons. The van der Waals surface area contributed by atoms with Crippen LogP contribution in [0.4, 0.5) is 0 Å². The first-order valence-electron chi connectivity index (χ1n) is 7.50. The van der Waals surface area contributed by atoms with Crippen LogP contribution in [0.2, 0.25) is 0 Å². The van der Waals surface area contributed by atoms with Gasteiger partial charge in [0.25, 0.3) is 5.91 Å². The number of rotatable bonds is 1. The van der Waals surface area contributed by atoms with Gasteiger partial charge >= 0.3 is 0 Å². The molecule has 3 nitrogen and oxygen atoms in total. The molecule has 0 saturated heterocycles. The van der Waals surface area contributed by atoms with E-state index in [0.717, 1.165) is 25.1 Å². The molecule has 0 aliphatic carbocycles. The standard InChI is InChI=1S/C18H22N2O/c1-18(2,3)20-11-9-16(13-20)17(21)19-10-8-14-6-4-5-7-15(14)12-19/h4-7,9,11,13H,8,10,12H2,1-3H3. The first-order chi connectivity index (χ1) is 9.95. The van der Waals surface area contributed by atoms with Crippen molar-refractivity contribution in [2.24, 2.45) is 0 Å². The van der Waals surface area contributed by atoms with Crippen LogP contribution in [-0.4, -0.2) is 21.9 Å². The van der Waals surface area contributed by atoms with Crippen molar-refractivity contribution in [3.8, 4) is 0 Å². The van der Waals surface area contributed by atoms with Crippen LogP contribution in [0, 0.1) is 0 Å². The third kappa shape index (κ3) is 2.73. The van der Waals surface area contributed by atoms with E-state index in [1.54, 1.807) is 0 Å². The summed E-state index contributed by atoms with van der Waals surface area (Å²) in [4.78, 5) is 14.6. The SMILES string of the molecule is CC(C)(C)n1ccc(C(=O)N2CCc3ccccc3C2)c1. The summed E-state index contributed by atoms with van der Waals surface area (Å²) in [5.41, 5.74) is 3.43. The molecule has 0 saturated carbocycles.